The molecular weight excluding hydrogens is 112 g/mol. The summed E-state index contributed by atoms with van der Waals surface area (Å²) in [5.41, 5.74) is 0. The van der Waals surface area contributed by atoms with Crippen molar-refractivity contribution in [2.75, 3.05) is 0 Å². The largest absolute Gasteiger partial charge is 0.491 e. The number of nitrogens with one attached hydrogen (secondary N) is 1. The normalized spacial score (nSPS) is 9.50. The van der Waals surface area contributed by atoms with Crippen molar-refractivity contribution in [2.24, 2.45) is 0 Å². The van der Waals surface area contributed by atoms with Crippen LogP contribution in [0.3, 0.4) is 0 Å². The first-order valence-corrected chi connectivity index (χ1v) is 1.87. The Morgan fingerprint density at radius 1 is 1.25 bits per heavy atom. The van der Waals surface area contributed by atoms with E-state index < -0.39 is 17.8 Å². The van der Waals surface area contributed by atoms with Gasteiger partial charge in [0.1, 0.15) is 0 Å². The Labute approximate surface area is 44.2 Å². The molecule has 0 saturated carbocycles. The average Bonchev–Trinajstić information content (AvgIpc) is 1.85. The fraction of sp³-hybridized carbons (Fsp3) is 0. The Morgan fingerprint density at radius 3 is 2.00 bits per heavy atom. The molecule has 1 rings (SSSR count). The van der Waals surface area contributed by atoms with Crippen LogP contribution in [0, 0.1) is 0 Å². The van der Waals surface area contributed by atoms with E-state index in [9.17, 15) is 0 Å². The predicted molar refractivity (Wildman–Crippen MR) is 23.6 cm³/mol. The Bertz CT molecular complexity index is 175. The average molecular weight is 116 g/mol. The van der Waals surface area contributed by atoms with Crippen LogP contribution >= 0.6 is 0 Å². The maximum atomic E-state index is 8.41. The van der Waals surface area contributed by atoms with Crippen LogP contribution in [0.1, 0.15) is 0 Å². The lowest BCUT2D eigenvalue weighted by Gasteiger charge is -1.77. The van der Waals surface area contributed by atoms with Gasteiger partial charge in [-0.2, -0.15) is 4.98 Å². The number of H-pyrrole nitrogens is 1. The van der Waals surface area contributed by atoms with E-state index in [4.69, 9.17) is 15.3 Å². The molecule has 0 aromatic carbocycles. The van der Waals surface area contributed by atoms with Crippen molar-refractivity contribution in [3.63, 3.8) is 0 Å². The fourth-order valence-electron chi connectivity index (χ4n) is 0.343. The van der Waals surface area contributed by atoms with Gasteiger partial charge in [0.05, 0.1) is 0 Å². The lowest BCUT2D eigenvalue weighted by Crippen LogP contribution is -1.60. The van der Waals surface area contributed by atoms with Crippen LogP contribution in [0.5, 0.6) is 17.8 Å². The van der Waals surface area contributed by atoms with E-state index in [1.165, 1.54) is 0 Å². The number of hydrogen-bond donors (Lipinski definition) is 4. The van der Waals surface area contributed by atoms with E-state index in [-0.39, 0.29) is 0 Å². The summed E-state index contributed by atoms with van der Waals surface area (Å²) in [7, 11) is 0. The van der Waals surface area contributed by atoms with Crippen LogP contribution in [0.15, 0.2) is 0 Å². The molecule has 1 heterocycles. The highest BCUT2D eigenvalue weighted by atomic mass is 16.3. The molecule has 0 aliphatic rings. The van der Waals surface area contributed by atoms with E-state index >= 15 is 0 Å². The quantitative estimate of drug-likeness (QED) is 0.368. The third kappa shape index (κ3) is 0.534. The molecular formula is C3H4N2O3. The molecule has 8 heavy (non-hydrogen) atoms. The lowest BCUT2D eigenvalue weighted by atomic mass is 10.8. The molecule has 0 unspecified atom stereocenters. The van der Waals surface area contributed by atoms with Crippen molar-refractivity contribution in [1.82, 2.24) is 9.97 Å². The summed E-state index contributed by atoms with van der Waals surface area (Å²) in [6.45, 7) is 0. The predicted octanol–water partition coefficient (Wildman–Crippen LogP) is -0.474. The smallest absolute Gasteiger partial charge is 0.297 e. The third-order valence-electron chi connectivity index (χ3n) is 0.654. The van der Waals surface area contributed by atoms with Crippen LogP contribution in [0.4, 0.5) is 0 Å². The van der Waals surface area contributed by atoms with Gasteiger partial charge < -0.3 is 15.3 Å². The molecule has 0 aliphatic carbocycles. The van der Waals surface area contributed by atoms with Gasteiger partial charge in [-0.25, -0.2) is 0 Å². The summed E-state index contributed by atoms with van der Waals surface area (Å²) in [5.74, 6) is -1.12. The van der Waals surface area contributed by atoms with Crippen molar-refractivity contribution >= 4 is 0 Å². The first kappa shape index (κ1) is 4.76. The van der Waals surface area contributed by atoms with Gasteiger partial charge >= 0.3 is 0 Å². The number of imidazole rings is 1. The van der Waals surface area contributed by atoms with Crippen LogP contribution in [-0.4, -0.2) is 25.3 Å². The minimum Gasteiger partial charge on any atom is -0.491 e. The Balaban J connectivity index is 3.14. The monoisotopic (exact) mass is 116 g/mol. The topological polar surface area (TPSA) is 89.4 Å². The van der Waals surface area contributed by atoms with Gasteiger partial charge in [0.15, 0.2) is 0 Å². The van der Waals surface area contributed by atoms with Gasteiger partial charge in [0.25, 0.3) is 17.8 Å². The van der Waals surface area contributed by atoms with Crippen LogP contribution in [0.2, 0.25) is 0 Å². The summed E-state index contributed by atoms with van der Waals surface area (Å²) in [6.07, 6.45) is 0. The molecule has 4 N–H and O–H groups in total. The van der Waals surface area contributed by atoms with Crippen molar-refractivity contribution in [3.8, 4) is 17.8 Å². The molecule has 44 valence electrons. The summed E-state index contributed by atoms with van der Waals surface area (Å²) in [5, 5.41) is 25.1. The van der Waals surface area contributed by atoms with Gasteiger partial charge in [-0.1, -0.05) is 0 Å². The zero-order valence-corrected chi connectivity index (χ0v) is 3.79. The molecule has 0 bridgehead atoms. The summed E-state index contributed by atoms with van der Waals surface area (Å²) < 4.78 is 0. The summed E-state index contributed by atoms with van der Waals surface area (Å²) in [6, 6.07) is -0.500. The van der Waals surface area contributed by atoms with Crippen molar-refractivity contribution < 1.29 is 15.3 Å². The first-order chi connectivity index (χ1) is 3.70. The van der Waals surface area contributed by atoms with Crippen LogP contribution < -0.4 is 0 Å². The molecule has 0 spiro atoms. The molecule has 0 amide bonds. The summed E-state index contributed by atoms with van der Waals surface area (Å²) in [4.78, 5) is 4.97. The number of nitrogens with zero attached hydrogens (tertiary/aromatic N) is 1. The zero-order valence-electron chi connectivity index (χ0n) is 3.79. The number of hydrogen-bond acceptors (Lipinski definition) is 4. The van der Waals surface area contributed by atoms with Gasteiger partial charge in [-0.3, -0.25) is 4.98 Å². The van der Waals surface area contributed by atoms with Gasteiger partial charge in [-0.05, 0) is 0 Å². The standard InChI is InChI=1S/C3H4N2O3/c6-1-2(7)5-3(8)4-1/h6-7H,(H2,4,5,8). The molecule has 5 heteroatoms. The molecule has 0 fully saturated rings. The Kier molecular flexibility index (Phi) is 0.768. The maximum Gasteiger partial charge on any atom is 0.297 e. The number of aromatic nitrogens is 2. The zero-order chi connectivity index (χ0) is 6.15. The van der Waals surface area contributed by atoms with Crippen molar-refractivity contribution in [3.05, 3.63) is 0 Å². The molecule has 0 saturated heterocycles. The minimum absolute atomic E-state index is 0.500. The van der Waals surface area contributed by atoms with E-state index in [0.717, 1.165) is 0 Å². The highest BCUT2D eigenvalue weighted by Crippen LogP contribution is 2.21. The summed E-state index contributed by atoms with van der Waals surface area (Å²) >= 11 is 0. The van der Waals surface area contributed by atoms with Gasteiger partial charge in [-0.15, -0.1) is 0 Å². The molecule has 5 nitrogen and oxygen atoms in total. The molecule has 0 radical (unpaired) electrons. The SMILES string of the molecule is Oc1nc(O)c(O)[nH]1. The van der Waals surface area contributed by atoms with Crippen molar-refractivity contribution in [1.29, 1.82) is 0 Å². The maximum absolute atomic E-state index is 8.41. The van der Waals surface area contributed by atoms with Gasteiger partial charge in [0.2, 0.25) is 0 Å². The molecule has 1 aromatic rings. The second kappa shape index (κ2) is 1.29. The fourth-order valence-corrected chi connectivity index (χ4v) is 0.343. The van der Waals surface area contributed by atoms with Crippen LogP contribution in [-0.2, 0) is 0 Å². The number of aromatic hydroxyl groups is 3. The van der Waals surface area contributed by atoms with E-state index in [1.54, 1.807) is 0 Å². The molecule has 0 atom stereocenters. The van der Waals surface area contributed by atoms with Crippen LogP contribution in [0.25, 0.3) is 0 Å². The molecule has 0 aliphatic heterocycles. The highest BCUT2D eigenvalue weighted by molar-refractivity contribution is 5.25. The second-order valence-corrected chi connectivity index (χ2v) is 1.23. The van der Waals surface area contributed by atoms with E-state index in [2.05, 4.69) is 4.98 Å². The Hall–Kier alpha value is -1.39. The van der Waals surface area contributed by atoms with Gasteiger partial charge in [0, 0.05) is 0 Å². The number of rotatable bonds is 0. The first-order valence-electron chi connectivity index (χ1n) is 1.87. The number of aromatic amines is 1. The van der Waals surface area contributed by atoms with Crippen molar-refractivity contribution in [2.45, 2.75) is 0 Å². The highest BCUT2D eigenvalue weighted by Gasteiger charge is 2.03. The lowest BCUT2D eigenvalue weighted by molar-refractivity contribution is 0.386. The van der Waals surface area contributed by atoms with E-state index in [0.29, 0.717) is 0 Å². The Morgan fingerprint density at radius 2 is 1.88 bits per heavy atom. The third-order valence-corrected chi connectivity index (χ3v) is 0.654. The minimum atomic E-state index is -0.595. The molecule has 1 aromatic heterocycles. The second-order valence-electron chi connectivity index (χ2n) is 1.23. The van der Waals surface area contributed by atoms with E-state index in [1.807, 2.05) is 4.98 Å².